The zero-order valence-electron chi connectivity index (χ0n) is 7.90. The van der Waals surface area contributed by atoms with Crippen molar-refractivity contribution in [3.05, 3.63) is 29.6 Å². The van der Waals surface area contributed by atoms with E-state index in [-0.39, 0.29) is 12.2 Å². The molecule has 1 N–H and O–H groups in total. The van der Waals surface area contributed by atoms with E-state index in [9.17, 15) is 13.4 Å². The lowest BCUT2D eigenvalue weighted by Gasteiger charge is -2.03. The van der Waals surface area contributed by atoms with Crippen molar-refractivity contribution in [3.63, 3.8) is 0 Å². The van der Waals surface area contributed by atoms with Crippen LogP contribution in [-0.2, 0) is 15.8 Å². The Bertz CT molecular complexity index is 405. The fraction of sp³-hybridized carbons (Fsp3) is 0.222. The Morgan fingerprint density at radius 1 is 1.60 bits per heavy atom. The first-order valence-electron chi connectivity index (χ1n) is 4.13. The molecule has 0 aliphatic carbocycles. The van der Waals surface area contributed by atoms with Gasteiger partial charge in [-0.1, -0.05) is 0 Å². The van der Waals surface area contributed by atoms with Crippen LogP contribution in [0.5, 0.6) is 0 Å². The smallest absolute Gasteiger partial charge is 0.338 e. The fourth-order valence-electron chi connectivity index (χ4n) is 0.979. The number of rotatable bonds is 3. The molecule has 1 rings (SSSR count). The van der Waals surface area contributed by atoms with Gasteiger partial charge in [0.15, 0.2) is 11.1 Å². The average molecular weight is 232 g/mol. The Balaban J connectivity index is 3.07. The monoisotopic (exact) mass is 232 g/mol. The SMILES string of the molecule is CCOC(=O)c1ccc(F)c(S(=O)O)c1. The lowest BCUT2D eigenvalue weighted by molar-refractivity contribution is 0.0526. The zero-order chi connectivity index (χ0) is 11.4. The number of carbonyl (C=O) groups excluding carboxylic acids is 1. The quantitative estimate of drug-likeness (QED) is 0.634. The lowest BCUT2D eigenvalue weighted by Crippen LogP contribution is -2.06. The Hall–Kier alpha value is -1.27. The highest BCUT2D eigenvalue weighted by molar-refractivity contribution is 7.79. The topological polar surface area (TPSA) is 63.6 Å². The number of carbonyl (C=O) groups is 1. The molecule has 6 heteroatoms. The molecule has 82 valence electrons. The molecular formula is C9H9FO4S. The third-order valence-electron chi connectivity index (χ3n) is 1.63. The number of esters is 1. The number of hydrogen-bond acceptors (Lipinski definition) is 3. The molecule has 0 bridgehead atoms. The van der Waals surface area contributed by atoms with E-state index in [0.717, 1.165) is 12.1 Å². The molecular weight excluding hydrogens is 223 g/mol. The van der Waals surface area contributed by atoms with Crippen molar-refractivity contribution in [2.24, 2.45) is 0 Å². The van der Waals surface area contributed by atoms with Crippen LogP contribution in [-0.4, -0.2) is 21.3 Å². The van der Waals surface area contributed by atoms with Gasteiger partial charge in [-0.05, 0) is 25.1 Å². The van der Waals surface area contributed by atoms with E-state index < -0.39 is 27.8 Å². The van der Waals surface area contributed by atoms with E-state index in [1.54, 1.807) is 6.92 Å². The average Bonchev–Trinajstić information content (AvgIpc) is 2.18. The predicted molar refractivity (Wildman–Crippen MR) is 51.4 cm³/mol. The first-order chi connectivity index (χ1) is 7.06. The summed E-state index contributed by atoms with van der Waals surface area (Å²) in [6.07, 6.45) is 0. The maximum absolute atomic E-state index is 13.0. The van der Waals surface area contributed by atoms with Gasteiger partial charge in [-0.25, -0.2) is 13.4 Å². The highest BCUT2D eigenvalue weighted by Crippen LogP contribution is 2.14. The summed E-state index contributed by atoms with van der Waals surface area (Å²) in [5.41, 5.74) is 0.0515. The minimum absolute atomic E-state index is 0.0515. The Labute approximate surface area is 88.3 Å². The molecule has 1 aromatic carbocycles. The first kappa shape index (κ1) is 11.8. The van der Waals surface area contributed by atoms with E-state index in [0.29, 0.717) is 0 Å². The number of hydrogen-bond donors (Lipinski definition) is 1. The van der Waals surface area contributed by atoms with Crippen LogP contribution in [0.4, 0.5) is 4.39 Å². The molecule has 0 aliphatic rings. The second-order valence-electron chi connectivity index (χ2n) is 2.61. The molecule has 0 radical (unpaired) electrons. The fourth-order valence-corrected chi connectivity index (χ4v) is 1.44. The largest absolute Gasteiger partial charge is 0.462 e. The van der Waals surface area contributed by atoms with Crippen molar-refractivity contribution in [2.75, 3.05) is 6.61 Å². The van der Waals surface area contributed by atoms with Gasteiger partial charge < -0.3 is 9.29 Å². The third-order valence-corrected chi connectivity index (χ3v) is 2.32. The van der Waals surface area contributed by atoms with Gasteiger partial charge in [-0.15, -0.1) is 0 Å². The Morgan fingerprint density at radius 3 is 2.80 bits per heavy atom. The van der Waals surface area contributed by atoms with Gasteiger partial charge >= 0.3 is 5.97 Å². The van der Waals surface area contributed by atoms with Gasteiger partial charge in [0.1, 0.15) is 10.7 Å². The molecule has 1 atom stereocenters. The molecule has 4 nitrogen and oxygen atoms in total. The minimum Gasteiger partial charge on any atom is -0.462 e. The Kier molecular flexibility index (Phi) is 3.93. The van der Waals surface area contributed by atoms with E-state index in [1.807, 2.05) is 0 Å². The van der Waals surface area contributed by atoms with Gasteiger partial charge in [0.25, 0.3) is 0 Å². The summed E-state index contributed by atoms with van der Waals surface area (Å²) < 4.78 is 37.0. The zero-order valence-corrected chi connectivity index (χ0v) is 8.71. The summed E-state index contributed by atoms with van der Waals surface area (Å²) >= 11 is -2.45. The van der Waals surface area contributed by atoms with Crippen LogP contribution in [0.1, 0.15) is 17.3 Å². The van der Waals surface area contributed by atoms with Crippen molar-refractivity contribution >= 4 is 17.0 Å². The summed E-state index contributed by atoms with van der Waals surface area (Å²) in [6.45, 7) is 1.82. The van der Waals surface area contributed by atoms with Gasteiger partial charge in [0.05, 0.1) is 12.2 Å². The predicted octanol–water partition coefficient (Wildman–Crippen LogP) is 1.58. The summed E-state index contributed by atoms with van der Waals surface area (Å²) in [6, 6.07) is 3.16. The molecule has 0 aromatic heterocycles. The van der Waals surface area contributed by atoms with Crippen LogP contribution in [0.2, 0.25) is 0 Å². The van der Waals surface area contributed by atoms with Crippen molar-refractivity contribution in [2.45, 2.75) is 11.8 Å². The molecule has 0 saturated heterocycles. The molecule has 0 saturated carbocycles. The summed E-state index contributed by atoms with van der Waals surface area (Å²) in [5, 5.41) is 0. The lowest BCUT2D eigenvalue weighted by atomic mass is 10.2. The summed E-state index contributed by atoms with van der Waals surface area (Å²) in [4.78, 5) is 10.8. The summed E-state index contributed by atoms with van der Waals surface area (Å²) in [5.74, 6) is -1.48. The molecule has 0 fully saturated rings. The number of halogens is 1. The molecule has 1 aromatic rings. The highest BCUT2D eigenvalue weighted by Gasteiger charge is 2.13. The van der Waals surface area contributed by atoms with Gasteiger partial charge in [-0.2, -0.15) is 0 Å². The van der Waals surface area contributed by atoms with Crippen LogP contribution in [0, 0.1) is 5.82 Å². The second-order valence-corrected chi connectivity index (χ2v) is 3.55. The third kappa shape index (κ3) is 2.84. The molecule has 0 spiro atoms. The van der Waals surface area contributed by atoms with Crippen LogP contribution < -0.4 is 0 Å². The van der Waals surface area contributed by atoms with Crippen molar-refractivity contribution < 1.29 is 22.7 Å². The minimum atomic E-state index is -2.45. The van der Waals surface area contributed by atoms with Crippen LogP contribution >= 0.6 is 0 Å². The second kappa shape index (κ2) is 4.99. The first-order valence-corrected chi connectivity index (χ1v) is 5.24. The Morgan fingerprint density at radius 2 is 2.27 bits per heavy atom. The molecule has 0 aliphatic heterocycles. The van der Waals surface area contributed by atoms with E-state index >= 15 is 0 Å². The van der Waals surface area contributed by atoms with Crippen molar-refractivity contribution in [1.29, 1.82) is 0 Å². The van der Waals surface area contributed by atoms with Gasteiger partial charge in [0.2, 0.25) is 0 Å². The van der Waals surface area contributed by atoms with Crippen LogP contribution in [0.25, 0.3) is 0 Å². The van der Waals surface area contributed by atoms with Crippen molar-refractivity contribution in [3.8, 4) is 0 Å². The molecule has 0 heterocycles. The van der Waals surface area contributed by atoms with Crippen LogP contribution in [0.15, 0.2) is 23.1 Å². The van der Waals surface area contributed by atoms with Crippen molar-refractivity contribution in [1.82, 2.24) is 0 Å². The standard InChI is InChI=1S/C9H9FO4S/c1-2-14-9(11)6-3-4-7(10)8(5-6)15(12)13/h3-5H,2H2,1H3,(H,12,13). The normalized spacial score (nSPS) is 12.2. The van der Waals surface area contributed by atoms with Crippen LogP contribution in [0.3, 0.4) is 0 Å². The molecule has 0 amide bonds. The number of ether oxygens (including phenoxy) is 1. The van der Waals surface area contributed by atoms with E-state index in [4.69, 9.17) is 4.55 Å². The highest BCUT2D eigenvalue weighted by atomic mass is 32.2. The molecule has 1 unspecified atom stereocenters. The van der Waals surface area contributed by atoms with E-state index in [1.165, 1.54) is 6.07 Å². The van der Waals surface area contributed by atoms with Gasteiger partial charge in [0, 0.05) is 0 Å². The summed E-state index contributed by atoms with van der Waals surface area (Å²) in [7, 11) is 0. The maximum Gasteiger partial charge on any atom is 0.338 e. The number of benzene rings is 1. The maximum atomic E-state index is 13.0. The van der Waals surface area contributed by atoms with E-state index in [2.05, 4.69) is 4.74 Å². The van der Waals surface area contributed by atoms with Gasteiger partial charge in [-0.3, -0.25) is 0 Å². The molecule has 15 heavy (non-hydrogen) atoms.